The number of rotatable bonds is 7. The molecular formula is C20H29N3O4. The number of benzene rings is 1. The summed E-state index contributed by atoms with van der Waals surface area (Å²) < 4.78 is 11.1. The van der Waals surface area contributed by atoms with Crippen molar-refractivity contribution in [3.63, 3.8) is 0 Å². The van der Waals surface area contributed by atoms with E-state index in [4.69, 9.17) is 9.47 Å². The number of anilines is 1. The highest BCUT2D eigenvalue weighted by atomic mass is 16.5. The fraction of sp³-hybridized carbons (Fsp3) is 0.600. The summed E-state index contributed by atoms with van der Waals surface area (Å²) in [5, 5.41) is 3.04. The van der Waals surface area contributed by atoms with E-state index in [0.29, 0.717) is 31.7 Å². The van der Waals surface area contributed by atoms with Gasteiger partial charge in [0.05, 0.1) is 24.8 Å². The lowest BCUT2D eigenvalue weighted by atomic mass is 10.1. The van der Waals surface area contributed by atoms with Crippen LogP contribution >= 0.6 is 0 Å². The molecule has 0 bridgehead atoms. The van der Waals surface area contributed by atoms with E-state index in [-0.39, 0.29) is 23.3 Å². The minimum absolute atomic E-state index is 0.0156. The summed E-state index contributed by atoms with van der Waals surface area (Å²) in [5.41, 5.74) is 1.58. The molecule has 2 aliphatic rings. The van der Waals surface area contributed by atoms with E-state index in [1.54, 1.807) is 32.2 Å². The van der Waals surface area contributed by atoms with Crippen molar-refractivity contribution in [1.29, 1.82) is 0 Å². The van der Waals surface area contributed by atoms with Crippen LogP contribution in [0.3, 0.4) is 0 Å². The van der Waals surface area contributed by atoms with Crippen molar-refractivity contribution in [2.45, 2.75) is 25.3 Å². The molecule has 7 nitrogen and oxygen atoms in total. The number of amides is 2. The number of hydrogen-bond acceptors (Lipinski definition) is 5. The van der Waals surface area contributed by atoms with Crippen molar-refractivity contribution in [3.05, 3.63) is 23.8 Å². The molecule has 2 amide bonds. The summed E-state index contributed by atoms with van der Waals surface area (Å²) in [4.78, 5) is 28.2. The highest BCUT2D eigenvalue weighted by Crippen LogP contribution is 2.45. The van der Waals surface area contributed by atoms with Crippen molar-refractivity contribution >= 4 is 17.5 Å². The summed E-state index contributed by atoms with van der Waals surface area (Å²) in [7, 11) is 7.09. The minimum Gasteiger partial charge on any atom is -0.489 e. The Labute approximate surface area is 160 Å². The molecule has 1 aromatic carbocycles. The minimum atomic E-state index is -0.0696. The number of carbonyl (C=O) groups is 2. The molecule has 0 saturated heterocycles. The van der Waals surface area contributed by atoms with Gasteiger partial charge < -0.3 is 24.6 Å². The third kappa shape index (κ3) is 4.35. The first-order valence-electron chi connectivity index (χ1n) is 9.32. The summed E-state index contributed by atoms with van der Waals surface area (Å²) in [6, 6.07) is 5.35. The predicted octanol–water partition coefficient (Wildman–Crippen LogP) is 1.52. The molecule has 1 saturated carbocycles. The fourth-order valence-electron chi connectivity index (χ4n) is 3.42. The number of likely N-dealkylation sites (N-methyl/N-ethyl adjacent to an activating group) is 1. The Morgan fingerprint density at radius 1 is 1.37 bits per heavy atom. The van der Waals surface area contributed by atoms with Crippen LogP contribution in [0.5, 0.6) is 5.75 Å². The van der Waals surface area contributed by atoms with Gasteiger partial charge in [0.25, 0.3) is 5.91 Å². The highest BCUT2D eigenvalue weighted by Gasteiger charge is 2.42. The number of ether oxygens (including phenoxy) is 2. The number of fused-ring (bicyclic) bond motifs is 1. The molecule has 1 fully saturated rings. The number of nitrogens with one attached hydrogen (secondary N) is 1. The maximum Gasteiger partial charge on any atom is 0.253 e. The third-order valence-electron chi connectivity index (χ3n) is 5.46. The molecular weight excluding hydrogens is 346 g/mol. The SMILES string of the molecule is COCC1(CNC(=O)C[C@H]2COc3ccc(C(=O)N(C)C)cc3N2C)CC1. The van der Waals surface area contributed by atoms with Crippen LogP contribution < -0.4 is 15.0 Å². The van der Waals surface area contributed by atoms with Crippen molar-refractivity contribution < 1.29 is 19.1 Å². The molecule has 1 N–H and O–H groups in total. The predicted molar refractivity (Wildman–Crippen MR) is 103 cm³/mol. The Bertz CT molecular complexity index is 715. The topological polar surface area (TPSA) is 71.1 Å². The van der Waals surface area contributed by atoms with Gasteiger partial charge in [-0.25, -0.2) is 0 Å². The second-order valence-corrected chi connectivity index (χ2v) is 7.87. The van der Waals surface area contributed by atoms with Crippen LogP contribution in [0.15, 0.2) is 18.2 Å². The molecule has 0 radical (unpaired) electrons. The smallest absolute Gasteiger partial charge is 0.253 e. The zero-order valence-electron chi connectivity index (χ0n) is 16.6. The first-order valence-corrected chi connectivity index (χ1v) is 9.32. The van der Waals surface area contributed by atoms with Gasteiger partial charge in [0.1, 0.15) is 12.4 Å². The lowest BCUT2D eigenvalue weighted by Gasteiger charge is -2.36. The Hall–Kier alpha value is -2.28. The quantitative estimate of drug-likeness (QED) is 0.782. The van der Waals surface area contributed by atoms with E-state index >= 15 is 0 Å². The van der Waals surface area contributed by atoms with Gasteiger partial charge in [-0.05, 0) is 31.0 Å². The van der Waals surface area contributed by atoms with E-state index in [9.17, 15) is 9.59 Å². The van der Waals surface area contributed by atoms with E-state index in [0.717, 1.165) is 24.3 Å². The van der Waals surface area contributed by atoms with Gasteiger partial charge in [-0.1, -0.05) is 0 Å². The van der Waals surface area contributed by atoms with Gasteiger partial charge >= 0.3 is 0 Å². The summed E-state index contributed by atoms with van der Waals surface area (Å²) >= 11 is 0. The first-order chi connectivity index (χ1) is 12.8. The van der Waals surface area contributed by atoms with Crippen molar-refractivity contribution in [2.75, 3.05) is 52.9 Å². The molecule has 1 atom stereocenters. The zero-order valence-corrected chi connectivity index (χ0v) is 16.6. The average molecular weight is 375 g/mol. The average Bonchev–Trinajstić information content (AvgIpc) is 3.42. The zero-order chi connectivity index (χ0) is 19.6. The largest absolute Gasteiger partial charge is 0.489 e. The van der Waals surface area contributed by atoms with Crippen LogP contribution in [0, 0.1) is 5.41 Å². The van der Waals surface area contributed by atoms with Crippen LogP contribution in [0.1, 0.15) is 29.6 Å². The van der Waals surface area contributed by atoms with Crippen LogP contribution in [0.4, 0.5) is 5.69 Å². The van der Waals surface area contributed by atoms with Gasteiger partial charge in [-0.3, -0.25) is 9.59 Å². The van der Waals surface area contributed by atoms with E-state index in [2.05, 4.69) is 5.32 Å². The number of methoxy groups -OCH3 is 1. The van der Waals surface area contributed by atoms with Crippen LogP contribution in [0.2, 0.25) is 0 Å². The van der Waals surface area contributed by atoms with Crippen LogP contribution in [-0.4, -0.2) is 70.8 Å². The van der Waals surface area contributed by atoms with Gasteiger partial charge in [0.2, 0.25) is 5.91 Å². The van der Waals surface area contributed by atoms with Crippen LogP contribution in [-0.2, 0) is 9.53 Å². The fourth-order valence-corrected chi connectivity index (χ4v) is 3.42. The van der Waals surface area contributed by atoms with Gasteiger partial charge in [-0.15, -0.1) is 0 Å². The molecule has 1 aromatic rings. The van der Waals surface area contributed by atoms with Crippen molar-refractivity contribution in [1.82, 2.24) is 10.2 Å². The Morgan fingerprint density at radius 2 is 2.11 bits per heavy atom. The molecule has 7 heteroatoms. The second kappa shape index (κ2) is 7.76. The molecule has 0 unspecified atom stereocenters. The number of hydrogen-bond donors (Lipinski definition) is 1. The molecule has 1 heterocycles. The Kier molecular flexibility index (Phi) is 5.60. The maximum atomic E-state index is 12.4. The number of nitrogens with zero attached hydrogens (tertiary/aromatic N) is 2. The standard InChI is InChI=1S/C20H29N3O4/c1-22(2)19(25)14-5-6-17-16(9-14)23(3)15(11-27-17)10-18(24)21-12-20(7-8-20)13-26-4/h5-6,9,15H,7-8,10-13H2,1-4H3,(H,21,24)/t15-/m0/s1. The Morgan fingerprint density at radius 3 is 2.74 bits per heavy atom. The molecule has 148 valence electrons. The van der Waals surface area contributed by atoms with E-state index in [1.807, 2.05) is 24.1 Å². The highest BCUT2D eigenvalue weighted by molar-refractivity contribution is 5.95. The van der Waals surface area contributed by atoms with Crippen LogP contribution in [0.25, 0.3) is 0 Å². The first kappa shape index (κ1) is 19.5. The second-order valence-electron chi connectivity index (χ2n) is 7.87. The molecule has 0 spiro atoms. The molecule has 0 aromatic heterocycles. The van der Waals surface area contributed by atoms with Gasteiger partial charge in [-0.2, -0.15) is 0 Å². The van der Waals surface area contributed by atoms with E-state index in [1.165, 1.54) is 0 Å². The maximum absolute atomic E-state index is 12.4. The lowest BCUT2D eigenvalue weighted by Crippen LogP contribution is -2.44. The lowest BCUT2D eigenvalue weighted by molar-refractivity contribution is -0.122. The monoisotopic (exact) mass is 375 g/mol. The molecule has 1 aliphatic carbocycles. The third-order valence-corrected chi connectivity index (χ3v) is 5.46. The van der Waals surface area contributed by atoms with Crippen molar-refractivity contribution in [2.24, 2.45) is 5.41 Å². The van der Waals surface area contributed by atoms with E-state index < -0.39 is 0 Å². The van der Waals surface area contributed by atoms with Gasteiger partial charge in [0, 0.05) is 45.8 Å². The summed E-state index contributed by atoms with van der Waals surface area (Å²) in [5.74, 6) is 0.697. The summed E-state index contributed by atoms with van der Waals surface area (Å²) in [6.07, 6.45) is 2.55. The van der Waals surface area contributed by atoms with Gasteiger partial charge in [0.15, 0.2) is 0 Å². The molecule has 27 heavy (non-hydrogen) atoms. The number of carbonyl (C=O) groups excluding carboxylic acids is 2. The normalized spacial score (nSPS) is 19.7. The molecule has 3 rings (SSSR count). The Balaban J connectivity index is 1.62. The van der Waals surface area contributed by atoms with Crippen molar-refractivity contribution in [3.8, 4) is 5.75 Å². The summed E-state index contributed by atoms with van der Waals surface area (Å²) in [6.45, 7) is 1.80. The molecule has 1 aliphatic heterocycles.